The maximum Gasteiger partial charge on any atom is 0.314 e. The summed E-state index contributed by atoms with van der Waals surface area (Å²) in [4.78, 5) is 49.1. The molecule has 98 valence electrons. The molecule has 0 spiro atoms. The molecule has 1 heterocycles. The molecule has 19 heavy (non-hydrogen) atoms. The maximum absolute atomic E-state index is 11.7. The summed E-state index contributed by atoms with van der Waals surface area (Å²) in [7, 11) is 0. The molecule has 1 aromatic heterocycles. The van der Waals surface area contributed by atoms with Crippen molar-refractivity contribution in [2.75, 3.05) is 0 Å². The molecule has 0 aliphatic carbocycles. The number of benzene rings is 1. The zero-order valence-corrected chi connectivity index (χ0v) is 9.73. The number of rotatable bonds is 4. The Hall–Kier alpha value is -2.70. The van der Waals surface area contributed by atoms with Crippen molar-refractivity contribution in [1.82, 2.24) is 9.97 Å². The first-order valence-corrected chi connectivity index (χ1v) is 5.49. The van der Waals surface area contributed by atoms with Crippen LogP contribution in [0.25, 0.3) is 11.0 Å². The van der Waals surface area contributed by atoms with Crippen molar-refractivity contribution >= 4 is 22.8 Å². The minimum Gasteiger partial charge on any atom is -0.481 e. The van der Waals surface area contributed by atoms with Crippen molar-refractivity contribution in [1.29, 1.82) is 0 Å². The predicted molar refractivity (Wildman–Crippen MR) is 66.4 cm³/mol. The molecule has 0 aliphatic heterocycles. The van der Waals surface area contributed by atoms with Crippen LogP contribution in [0.3, 0.4) is 0 Å². The van der Waals surface area contributed by atoms with Gasteiger partial charge in [-0.2, -0.15) is 0 Å². The summed E-state index contributed by atoms with van der Waals surface area (Å²) in [5.41, 5.74) is -0.554. The van der Waals surface area contributed by atoms with Crippen LogP contribution in [-0.2, 0) is 4.79 Å². The first kappa shape index (κ1) is 12.7. The summed E-state index contributed by atoms with van der Waals surface area (Å²) in [5, 5.41) is 8.51. The number of aromatic nitrogens is 2. The van der Waals surface area contributed by atoms with Gasteiger partial charge in [-0.05, 0) is 18.2 Å². The van der Waals surface area contributed by atoms with E-state index in [0.717, 1.165) is 0 Å². The lowest BCUT2D eigenvalue weighted by molar-refractivity contribution is -0.136. The average Bonchev–Trinajstić information content (AvgIpc) is 2.36. The number of carboxylic acid groups (broad SMARTS) is 1. The second-order valence-electron chi connectivity index (χ2n) is 3.99. The molecule has 0 atom stereocenters. The van der Waals surface area contributed by atoms with Crippen LogP contribution in [0.4, 0.5) is 0 Å². The summed E-state index contributed by atoms with van der Waals surface area (Å²) >= 11 is 0. The van der Waals surface area contributed by atoms with Gasteiger partial charge in [0.1, 0.15) is 0 Å². The van der Waals surface area contributed by atoms with E-state index in [1.807, 2.05) is 0 Å². The van der Waals surface area contributed by atoms with E-state index >= 15 is 0 Å². The summed E-state index contributed by atoms with van der Waals surface area (Å²) in [6, 6.07) is 4.37. The second-order valence-corrected chi connectivity index (χ2v) is 3.99. The predicted octanol–water partition coefficient (Wildman–Crippen LogP) is 0.264. The number of ketones is 1. The van der Waals surface area contributed by atoms with Crippen molar-refractivity contribution in [3.8, 4) is 0 Å². The van der Waals surface area contributed by atoms with Gasteiger partial charge in [-0.1, -0.05) is 0 Å². The monoisotopic (exact) mass is 262 g/mol. The Labute approximate surface area is 105 Å². The van der Waals surface area contributed by atoms with Crippen LogP contribution in [0.2, 0.25) is 0 Å². The first-order chi connectivity index (χ1) is 8.97. The van der Waals surface area contributed by atoms with E-state index in [-0.39, 0.29) is 24.2 Å². The van der Waals surface area contributed by atoms with E-state index in [2.05, 4.69) is 9.97 Å². The normalized spacial score (nSPS) is 10.5. The number of H-pyrrole nitrogens is 2. The fourth-order valence-corrected chi connectivity index (χ4v) is 1.65. The molecule has 7 nitrogen and oxygen atoms in total. The van der Waals surface area contributed by atoms with Crippen LogP contribution in [0, 0.1) is 0 Å². The third-order valence-corrected chi connectivity index (χ3v) is 2.61. The second kappa shape index (κ2) is 4.89. The van der Waals surface area contributed by atoms with Crippen molar-refractivity contribution in [3.63, 3.8) is 0 Å². The first-order valence-electron chi connectivity index (χ1n) is 5.49. The van der Waals surface area contributed by atoms with Gasteiger partial charge >= 0.3 is 17.1 Å². The van der Waals surface area contributed by atoms with Crippen molar-refractivity contribution in [2.45, 2.75) is 12.8 Å². The minimum absolute atomic E-state index is 0.117. The number of fused-ring (bicyclic) bond motifs is 1. The molecule has 0 saturated carbocycles. The molecule has 2 aromatic rings. The van der Waals surface area contributed by atoms with E-state index in [1.54, 1.807) is 0 Å². The largest absolute Gasteiger partial charge is 0.481 e. The molecular weight excluding hydrogens is 252 g/mol. The number of Topliss-reactive ketones (excluding diaryl/α,β-unsaturated/α-hetero) is 1. The highest BCUT2D eigenvalue weighted by Crippen LogP contribution is 2.12. The molecule has 0 bridgehead atoms. The van der Waals surface area contributed by atoms with Gasteiger partial charge in [0.05, 0.1) is 17.5 Å². The molecule has 0 radical (unpaired) electrons. The Kier molecular flexibility index (Phi) is 3.28. The minimum atomic E-state index is -1.05. The Morgan fingerprint density at radius 3 is 2.26 bits per heavy atom. The number of carbonyl (C=O) groups excluding carboxylic acids is 1. The molecule has 7 heteroatoms. The van der Waals surface area contributed by atoms with Gasteiger partial charge in [0.25, 0.3) is 0 Å². The topological polar surface area (TPSA) is 120 Å². The zero-order chi connectivity index (χ0) is 14.0. The number of hydrogen-bond acceptors (Lipinski definition) is 4. The van der Waals surface area contributed by atoms with Crippen LogP contribution >= 0.6 is 0 Å². The highest BCUT2D eigenvalue weighted by Gasteiger charge is 2.10. The van der Waals surface area contributed by atoms with E-state index in [1.165, 1.54) is 18.2 Å². The van der Waals surface area contributed by atoms with Crippen LogP contribution in [0.5, 0.6) is 0 Å². The van der Waals surface area contributed by atoms with Crippen molar-refractivity contribution < 1.29 is 14.7 Å². The maximum atomic E-state index is 11.7. The number of carboxylic acids is 1. The fourth-order valence-electron chi connectivity index (χ4n) is 1.65. The summed E-state index contributed by atoms with van der Waals surface area (Å²) in [5.74, 6) is -1.39. The number of aliphatic carboxylic acids is 1. The fraction of sp³-hybridized carbons (Fsp3) is 0.167. The molecule has 0 fully saturated rings. The molecule has 0 amide bonds. The molecular formula is C12H10N2O5. The van der Waals surface area contributed by atoms with Gasteiger partial charge in [-0.15, -0.1) is 0 Å². The van der Waals surface area contributed by atoms with Crippen LogP contribution < -0.4 is 11.1 Å². The van der Waals surface area contributed by atoms with Crippen LogP contribution in [0.15, 0.2) is 27.8 Å². The van der Waals surface area contributed by atoms with E-state index in [9.17, 15) is 19.2 Å². The van der Waals surface area contributed by atoms with Gasteiger partial charge in [-0.3, -0.25) is 19.2 Å². The quantitative estimate of drug-likeness (QED) is 0.539. The lowest BCUT2D eigenvalue weighted by atomic mass is 10.1. The molecule has 0 aliphatic rings. The van der Waals surface area contributed by atoms with Crippen molar-refractivity contribution in [2.24, 2.45) is 0 Å². The average molecular weight is 262 g/mol. The van der Waals surface area contributed by atoms with Gasteiger partial charge in [-0.25, -0.2) is 0 Å². The third-order valence-electron chi connectivity index (χ3n) is 2.61. The number of hydrogen-bond donors (Lipinski definition) is 3. The Bertz CT molecular complexity index is 772. The molecule has 2 rings (SSSR count). The highest BCUT2D eigenvalue weighted by atomic mass is 16.4. The van der Waals surface area contributed by atoms with E-state index in [4.69, 9.17) is 5.11 Å². The van der Waals surface area contributed by atoms with Crippen LogP contribution in [-0.4, -0.2) is 26.8 Å². The van der Waals surface area contributed by atoms with Gasteiger partial charge in [0.15, 0.2) is 5.78 Å². The molecule has 0 saturated heterocycles. The number of nitrogens with one attached hydrogen (secondary N) is 2. The summed E-state index contributed by atoms with van der Waals surface area (Å²) in [6.07, 6.45) is -0.368. The van der Waals surface area contributed by atoms with Crippen molar-refractivity contribution in [3.05, 3.63) is 44.5 Å². The smallest absolute Gasteiger partial charge is 0.314 e. The van der Waals surface area contributed by atoms with E-state index < -0.39 is 17.1 Å². The molecule has 0 unspecified atom stereocenters. The van der Waals surface area contributed by atoms with Gasteiger partial charge in [0, 0.05) is 12.0 Å². The standard InChI is InChI=1S/C12H10N2O5/c15-9(3-4-10(16)17)6-1-2-7-8(5-6)14-12(19)11(18)13-7/h1-2,5H,3-4H2,(H,13,18)(H,14,19)(H,16,17). The Morgan fingerprint density at radius 2 is 1.63 bits per heavy atom. The summed E-state index contributed by atoms with van der Waals surface area (Å²) < 4.78 is 0. The molecule has 1 aromatic carbocycles. The number of carbonyl (C=O) groups is 2. The Morgan fingerprint density at radius 1 is 1.00 bits per heavy atom. The third kappa shape index (κ3) is 2.76. The van der Waals surface area contributed by atoms with Gasteiger partial charge in [0.2, 0.25) is 0 Å². The Balaban J connectivity index is 2.38. The lowest BCUT2D eigenvalue weighted by Crippen LogP contribution is -2.28. The van der Waals surface area contributed by atoms with Gasteiger partial charge < -0.3 is 15.1 Å². The highest BCUT2D eigenvalue weighted by molar-refractivity contribution is 5.99. The summed E-state index contributed by atoms with van der Waals surface area (Å²) in [6.45, 7) is 0. The lowest BCUT2D eigenvalue weighted by Gasteiger charge is -2.02. The zero-order valence-electron chi connectivity index (χ0n) is 9.73. The molecule has 3 N–H and O–H groups in total. The SMILES string of the molecule is O=C(O)CCC(=O)c1ccc2[nH]c(=O)c(=O)[nH]c2c1. The van der Waals surface area contributed by atoms with E-state index in [0.29, 0.717) is 11.0 Å². The number of aromatic amines is 2. The van der Waals surface area contributed by atoms with Crippen LogP contribution in [0.1, 0.15) is 23.2 Å².